The van der Waals surface area contributed by atoms with Gasteiger partial charge in [-0.1, -0.05) is 24.3 Å². The Balaban J connectivity index is 2.00. The molecule has 4 nitrogen and oxygen atoms in total. The van der Waals surface area contributed by atoms with Crippen LogP contribution in [-0.2, 0) is 6.54 Å². The number of nitrogens with two attached hydrogens (primary N) is 1. The molecule has 20 heavy (non-hydrogen) atoms. The van der Waals surface area contributed by atoms with Crippen LogP contribution in [0.5, 0.6) is 0 Å². The van der Waals surface area contributed by atoms with E-state index in [-0.39, 0.29) is 0 Å². The smallest absolute Gasteiger partial charge is 0.0954 e. The van der Waals surface area contributed by atoms with Crippen LogP contribution in [0.1, 0.15) is 11.1 Å². The summed E-state index contributed by atoms with van der Waals surface area (Å²) in [6, 6.07) is 10.2. The van der Waals surface area contributed by atoms with Crippen molar-refractivity contribution in [2.75, 3.05) is 5.73 Å². The number of aromatic nitrogens is 3. The molecule has 0 unspecified atom stereocenters. The number of nitrogens with zero attached hydrogens (tertiary/aromatic N) is 3. The SMILES string of the molecule is Cc1ccccc1Cn1cncc1-c1cnccc1N. The maximum absolute atomic E-state index is 6.02. The van der Waals surface area contributed by atoms with Gasteiger partial charge >= 0.3 is 0 Å². The lowest BCUT2D eigenvalue weighted by molar-refractivity contribution is 0.799. The van der Waals surface area contributed by atoms with Crippen molar-refractivity contribution in [2.24, 2.45) is 0 Å². The van der Waals surface area contributed by atoms with E-state index in [9.17, 15) is 0 Å². The van der Waals surface area contributed by atoms with E-state index in [2.05, 4.69) is 39.7 Å². The maximum Gasteiger partial charge on any atom is 0.0954 e. The summed E-state index contributed by atoms with van der Waals surface area (Å²) in [4.78, 5) is 8.39. The summed E-state index contributed by atoms with van der Waals surface area (Å²) in [5.74, 6) is 0. The van der Waals surface area contributed by atoms with Crippen molar-refractivity contribution in [2.45, 2.75) is 13.5 Å². The average molecular weight is 264 g/mol. The van der Waals surface area contributed by atoms with Gasteiger partial charge in [-0.15, -0.1) is 0 Å². The molecule has 2 N–H and O–H groups in total. The number of anilines is 1. The molecule has 0 saturated carbocycles. The molecular weight excluding hydrogens is 248 g/mol. The second-order valence-electron chi connectivity index (χ2n) is 4.80. The Morgan fingerprint density at radius 2 is 1.95 bits per heavy atom. The van der Waals surface area contributed by atoms with E-state index >= 15 is 0 Å². The van der Waals surface area contributed by atoms with E-state index in [0.29, 0.717) is 5.69 Å². The third-order valence-electron chi connectivity index (χ3n) is 3.44. The fourth-order valence-corrected chi connectivity index (χ4v) is 2.26. The van der Waals surface area contributed by atoms with Crippen LogP contribution in [0.3, 0.4) is 0 Å². The second-order valence-corrected chi connectivity index (χ2v) is 4.80. The minimum Gasteiger partial charge on any atom is -0.398 e. The number of benzene rings is 1. The summed E-state index contributed by atoms with van der Waals surface area (Å²) in [7, 11) is 0. The quantitative estimate of drug-likeness (QED) is 0.791. The molecule has 4 heteroatoms. The largest absolute Gasteiger partial charge is 0.398 e. The minimum atomic E-state index is 0.714. The zero-order valence-corrected chi connectivity index (χ0v) is 11.3. The van der Waals surface area contributed by atoms with Crippen LogP contribution in [-0.4, -0.2) is 14.5 Å². The molecular formula is C16H16N4. The van der Waals surface area contributed by atoms with Crippen molar-refractivity contribution in [3.8, 4) is 11.3 Å². The van der Waals surface area contributed by atoms with Crippen molar-refractivity contribution in [3.63, 3.8) is 0 Å². The van der Waals surface area contributed by atoms with Gasteiger partial charge < -0.3 is 10.3 Å². The van der Waals surface area contributed by atoms with Gasteiger partial charge in [-0.05, 0) is 24.1 Å². The summed E-state index contributed by atoms with van der Waals surface area (Å²) in [6.07, 6.45) is 7.13. The first kappa shape index (κ1) is 12.4. The van der Waals surface area contributed by atoms with Crippen LogP contribution in [0.2, 0.25) is 0 Å². The Hall–Kier alpha value is -2.62. The van der Waals surface area contributed by atoms with Gasteiger partial charge in [-0.3, -0.25) is 4.98 Å². The third-order valence-corrected chi connectivity index (χ3v) is 3.44. The van der Waals surface area contributed by atoms with Crippen LogP contribution < -0.4 is 5.73 Å². The van der Waals surface area contributed by atoms with Gasteiger partial charge in [0, 0.05) is 30.2 Å². The van der Waals surface area contributed by atoms with Crippen molar-refractivity contribution < 1.29 is 0 Å². The number of pyridine rings is 1. The van der Waals surface area contributed by atoms with Gasteiger partial charge in [0.05, 0.1) is 18.2 Å². The first-order valence-corrected chi connectivity index (χ1v) is 6.50. The molecule has 0 bridgehead atoms. The zero-order valence-electron chi connectivity index (χ0n) is 11.3. The number of nitrogen functional groups attached to an aromatic ring is 1. The molecule has 3 aromatic rings. The van der Waals surface area contributed by atoms with E-state index in [1.54, 1.807) is 18.5 Å². The Morgan fingerprint density at radius 1 is 1.10 bits per heavy atom. The Bertz CT molecular complexity index is 731. The van der Waals surface area contributed by atoms with Crippen LogP contribution in [0.15, 0.2) is 55.2 Å². The lowest BCUT2D eigenvalue weighted by Crippen LogP contribution is -2.03. The summed E-state index contributed by atoms with van der Waals surface area (Å²) >= 11 is 0. The lowest BCUT2D eigenvalue weighted by atomic mass is 10.1. The molecule has 0 atom stereocenters. The molecule has 100 valence electrons. The number of rotatable bonds is 3. The van der Waals surface area contributed by atoms with E-state index in [1.807, 2.05) is 18.6 Å². The van der Waals surface area contributed by atoms with Crippen molar-refractivity contribution >= 4 is 5.69 Å². The van der Waals surface area contributed by atoms with E-state index in [0.717, 1.165) is 17.8 Å². The fourth-order valence-electron chi connectivity index (χ4n) is 2.26. The van der Waals surface area contributed by atoms with Crippen LogP contribution in [0, 0.1) is 6.92 Å². The Morgan fingerprint density at radius 3 is 2.75 bits per heavy atom. The predicted molar refractivity (Wildman–Crippen MR) is 80.2 cm³/mol. The van der Waals surface area contributed by atoms with E-state index in [1.165, 1.54) is 11.1 Å². The lowest BCUT2D eigenvalue weighted by Gasteiger charge is -2.11. The monoisotopic (exact) mass is 264 g/mol. The van der Waals surface area contributed by atoms with Crippen molar-refractivity contribution in [3.05, 3.63) is 66.4 Å². The highest BCUT2D eigenvalue weighted by molar-refractivity contribution is 5.72. The van der Waals surface area contributed by atoms with E-state index < -0.39 is 0 Å². The molecule has 0 saturated heterocycles. The molecule has 2 heterocycles. The molecule has 0 fully saturated rings. The standard InChI is InChI=1S/C16H16N4/c1-12-4-2-3-5-13(12)10-20-11-19-9-16(20)14-8-18-7-6-15(14)17/h2-9,11H,10H2,1H3,(H2,17,18). The second kappa shape index (κ2) is 5.17. The highest BCUT2D eigenvalue weighted by Gasteiger charge is 2.09. The summed E-state index contributed by atoms with van der Waals surface area (Å²) in [5, 5.41) is 0. The van der Waals surface area contributed by atoms with Gasteiger partial charge in [0.25, 0.3) is 0 Å². The molecule has 0 aliphatic heterocycles. The fraction of sp³-hybridized carbons (Fsp3) is 0.125. The molecule has 0 radical (unpaired) electrons. The molecule has 1 aromatic carbocycles. The third kappa shape index (κ3) is 2.28. The molecule has 0 aliphatic carbocycles. The first-order chi connectivity index (χ1) is 9.75. The highest BCUT2D eigenvalue weighted by atomic mass is 15.0. The van der Waals surface area contributed by atoms with E-state index in [4.69, 9.17) is 5.73 Å². The average Bonchev–Trinajstić information content (AvgIpc) is 2.90. The molecule has 0 aliphatic rings. The molecule has 0 spiro atoms. The maximum atomic E-state index is 6.02. The summed E-state index contributed by atoms with van der Waals surface area (Å²) in [6.45, 7) is 2.89. The first-order valence-electron chi connectivity index (χ1n) is 6.50. The van der Waals surface area contributed by atoms with Crippen molar-refractivity contribution in [1.82, 2.24) is 14.5 Å². The number of hydrogen-bond acceptors (Lipinski definition) is 3. The Labute approximate surface area is 117 Å². The number of aryl methyl sites for hydroxylation is 1. The summed E-state index contributed by atoms with van der Waals surface area (Å²) in [5.41, 5.74) is 11.2. The van der Waals surface area contributed by atoms with Crippen LogP contribution >= 0.6 is 0 Å². The topological polar surface area (TPSA) is 56.7 Å². The predicted octanol–water partition coefficient (Wildman–Crippen LogP) is 2.88. The van der Waals surface area contributed by atoms with Crippen LogP contribution in [0.4, 0.5) is 5.69 Å². The minimum absolute atomic E-state index is 0.714. The number of imidazole rings is 1. The van der Waals surface area contributed by atoms with Gasteiger partial charge in [0.2, 0.25) is 0 Å². The Kier molecular flexibility index (Phi) is 3.21. The van der Waals surface area contributed by atoms with Crippen molar-refractivity contribution in [1.29, 1.82) is 0 Å². The molecule has 2 aromatic heterocycles. The number of hydrogen-bond donors (Lipinski definition) is 1. The summed E-state index contributed by atoms with van der Waals surface area (Å²) < 4.78 is 2.09. The normalized spacial score (nSPS) is 10.7. The van der Waals surface area contributed by atoms with Gasteiger partial charge in [0.1, 0.15) is 0 Å². The van der Waals surface area contributed by atoms with Gasteiger partial charge in [-0.25, -0.2) is 4.98 Å². The van der Waals surface area contributed by atoms with Gasteiger partial charge in [-0.2, -0.15) is 0 Å². The zero-order chi connectivity index (χ0) is 13.9. The molecule has 0 amide bonds. The van der Waals surface area contributed by atoms with Gasteiger partial charge in [0.15, 0.2) is 0 Å². The molecule has 3 rings (SSSR count). The van der Waals surface area contributed by atoms with Crippen LogP contribution in [0.25, 0.3) is 11.3 Å². The highest BCUT2D eigenvalue weighted by Crippen LogP contribution is 2.25.